The number of carbonyl (C=O) groups is 1. The minimum atomic E-state index is -0.951. The zero-order valence-corrected chi connectivity index (χ0v) is 24.4. The number of nitrogens with two attached hydrogens (primary N) is 1. The van der Waals surface area contributed by atoms with Crippen LogP contribution in [0.1, 0.15) is 97.5 Å². The molecule has 200 valence electrons. The lowest BCUT2D eigenvalue weighted by atomic mass is 9.78. The van der Waals surface area contributed by atoms with Gasteiger partial charge in [-0.1, -0.05) is 82.3 Å². The zero-order valence-electron chi connectivity index (χ0n) is 24.4. The van der Waals surface area contributed by atoms with Gasteiger partial charge in [0, 0.05) is 11.9 Å². The number of nitrogens with zero attached hydrogens (tertiary/aromatic N) is 2. The molecule has 2 rings (SSSR count). The van der Waals surface area contributed by atoms with E-state index >= 15 is 0 Å². The van der Waals surface area contributed by atoms with Crippen LogP contribution in [-0.2, 0) is 15.7 Å². The van der Waals surface area contributed by atoms with Crippen LogP contribution < -0.4 is 5.73 Å². The average molecular weight is 503 g/mol. The molecule has 0 fully saturated rings. The molecule has 0 saturated carbocycles. The smallest absolute Gasteiger partial charge is 0.130 e. The quantitative estimate of drug-likeness (QED) is 0.157. The van der Waals surface area contributed by atoms with Gasteiger partial charge in [-0.2, -0.15) is 5.26 Å². The molecule has 1 aromatic carbocycles. The van der Waals surface area contributed by atoms with Crippen molar-refractivity contribution in [3.8, 4) is 6.07 Å². The molecule has 0 spiro atoms. The number of rotatable bonds is 9. The number of aromatic amines is 1. The van der Waals surface area contributed by atoms with Crippen LogP contribution in [0.5, 0.6) is 0 Å². The fourth-order valence-electron chi connectivity index (χ4n) is 3.81. The minimum absolute atomic E-state index is 0.381. The molecule has 1 aromatic heterocycles. The Bertz CT molecular complexity index is 1140. The Balaban J connectivity index is 0.00000308. The van der Waals surface area contributed by atoms with E-state index in [9.17, 15) is 10.1 Å². The Morgan fingerprint density at radius 1 is 1.14 bits per heavy atom. The standard InChI is InChI=1S/C28H34N4O.2C2H6/c1-8-19(3)14-21(9-2)23-15-26(31-16-23)28(7,32-20(4)30)25(17-33)22-10-12-24(13-11-22)27(5,6)18-29;2*1-2/h8-17,25,31H,2H2,1,3-7H3,(H2,30,32);2*1-2H3/b19-8-,21-14+;;. The van der Waals surface area contributed by atoms with Gasteiger partial charge in [0.15, 0.2) is 0 Å². The molecule has 0 saturated heterocycles. The van der Waals surface area contributed by atoms with Crippen molar-refractivity contribution < 1.29 is 4.79 Å². The van der Waals surface area contributed by atoms with E-state index in [4.69, 9.17) is 10.7 Å². The van der Waals surface area contributed by atoms with Crippen LogP contribution in [0.3, 0.4) is 0 Å². The van der Waals surface area contributed by atoms with Gasteiger partial charge in [0.25, 0.3) is 0 Å². The molecule has 0 aliphatic rings. The summed E-state index contributed by atoms with van der Waals surface area (Å²) < 4.78 is 0. The van der Waals surface area contributed by atoms with E-state index in [-0.39, 0.29) is 0 Å². The molecule has 3 N–H and O–H groups in total. The molecular weight excluding hydrogens is 456 g/mol. The Kier molecular flexibility index (Phi) is 13.9. The lowest BCUT2D eigenvalue weighted by Gasteiger charge is -2.31. The van der Waals surface area contributed by atoms with Crippen molar-refractivity contribution in [1.29, 1.82) is 5.26 Å². The number of H-pyrrole nitrogens is 1. The van der Waals surface area contributed by atoms with Crippen LogP contribution in [0.2, 0.25) is 0 Å². The fraction of sp³-hybridized carbons (Fsp3) is 0.406. The fourth-order valence-corrected chi connectivity index (χ4v) is 3.81. The van der Waals surface area contributed by atoms with Gasteiger partial charge < -0.3 is 15.5 Å². The highest BCUT2D eigenvalue weighted by atomic mass is 16.1. The highest BCUT2D eigenvalue weighted by Crippen LogP contribution is 2.40. The summed E-state index contributed by atoms with van der Waals surface area (Å²) in [6, 6.07) is 11.9. The molecule has 0 aliphatic heterocycles. The molecule has 0 aliphatic carbocycles. The number of aromatic nitrogens is 1. The molecule has 1 heterocycles. The van der Waals surface area contributed by atoms with Crippen LogP contribution in [0.25, 0.3) is 5.57 Å². The first kappa shape index (κ1) is 33.4. The number of allylic oxidation sites excluding steroid dienone is 5. The van der Waals surface area contributed by atoms with E-state index < -0.39 is 16.9 Å². The molecule has 2 unspecified atom stereocenters. The topological polar surface area (TPSA) is 95.0 Å². The number of hydrogen-bond acceptors (Lipinski definition) is 3. The average Bonchev–Trinajstić information content (AvgIpc) is 3.41. The second-order valence-corrected chi connectivity index (χ2v) is 9.01. The lowest BCUT2D eigenvalue weighted by Crippen LogP contribution is -2.32. The summed E-state index contributed by atoms with van der Waals surface area (Å²) in [5, 5.41) is 9.43. The van der Waals surface area contributed by atoms with Gasteiger partial charge in [-0.15, -0.1) is 0 Å². The number of aldehydes is 1. The SMILES string of the molecule is C=C/C(=C\C(C)=C/C)c1c[nH]c(C(C)(N=C(C)N)C(C=O)c2ccc(C(C)(C)C#N)cc2)c1.CC.CC. The van der Waals surface area contributed by atoms with E-state index in [1.807, 2.05) is 111 Å². The van der Waals surface area contributed by atoms with Crippen molar-refractivity contribution in [3.63, 3.8) is 0 Å². The summed E-state index contributed by atoms with van der Waals surface area (Å²) in [7, 11) is 0. The number of hydrogen-bond donors (Lipinski definition) is 2. The van der Waals surface area contributed by atoms with Gasteiger partial charge >= 0.3 is 0 Å². The van der Waals surface area contributed by atoms with Gasteiger partial charge in [-0.25, -0.2) is 0 Å². The molecule has 0 bridgehead atoms. The third-order valence-corrected chi connectivity index (χ3v) is 6.04. The summed E-state index contributed by atoms with van der Waals surface area (Å²) in [4.78, 5) is 20.4. The van der Waals surface area contributed by atoms with Gasteiger partial charge in [0.1, 0.15) is 11.8 Å². The van der Waals surface area contributed by atoms with Crippen LogP contribution in [-0.4, -0.2) is 17.1 Å². The van der Waals surface area contributed by atoms with E-state index in [1.54, 1.807) is 6.92 Å². The maximum Gasteiger partial charge on any atom is 0.130 e. The Hall–Kier alpha value is -3.65. The highest BCUT2D eigenvalue weighted by molar-refractivity contribution is 5.80. The Labute approximate surface area is 224 Å². The summed E-state index contributed by atoms with van der Waals surface area (Å²) in [5.74, 6) is -0.206. The van der Waals surface area contributed by atoms with Crippen molar-refractivity contribution in [3.05, 3.63) is 89.3 Å². The second kappa shape index (κ2) is 15.5. The maximum atomic E-state index is 12.4. The number of aliphatic imine (C=N–C) groups is 1. The molecule has 5 heteroatoms. The summed E-state index contributed by atoms with van der Waals surface area (Å²) >= 11 is 0. The first-order valence-corrected chi connectivity index (χ1v) is 13.0. The largest absolute Gasteiger partial charge is 0.388 e. The highest BCUT2D eigenvalue weighted by Gasteiger charge is 2.38. The Morgan fingerprint density at radius 2 is 1.70 bits per heavy atom. The monoisotopic (exact) mass is 502 g/mol. The van der Waals surface area contributed by atoms with Crippen molar-refractivity contribution >= 4 is 17.7 Å². The van der Waals surface area contributed by atoms with E-state index in [0.29, 0.717) is 5.84 Å². The third kappa shape index (κ3) is 8.46. The van der Waals surface area contributed by atoms with Crippen molar-refractivity contribution in [2.24, 2.45) is 10.7 Å². The maximum absolute atomic E-state index is 12.4. The number of carbonyl (C=O) groups excluding carboxylic acids is 1. The third-order valence-electron chi connectivity index (χ3n) is 6.04. The number of amidine groups is 1. The molecule has 37 heavy (non-hydrogen) atoms. The number of benzene rings is 1. The predicted octanol–water partition coefficient (Wildman–Crippen LogP) is 7.98. The molecule has 0 amide bonds. The van der Waals surface area contributed by atoms with Gasteiger partial charge in [-0.3, -0.25) is 4.99 Å². The van der Waals surface area contributed by atoms with E-state index in [0.717, 1.165) is 39.8 Å². The van der Waals surface area contributed by atoms with Gasteiger partial charge in [0.05, 0.1) is 23.2 Å². The van der Waals surface area contributed by atoms with E-state index in [2.05, 4.69) is 23.7 Å². The normalized spacial score (nSPS) is 14.6. The van der Waals surface area contributed by atoms with E-state index in [1.165, 1.54) is 0 Å². The first-order chi connectivity index (χ1) is 17.5. The predicted molar refractivity (Wildman–Crippen MR) is 160 cm³/mol. The molecule has 2 aromatic rings. The van der Waals surface area contributed by atoms with Crippen LogP contribution in [0, 0.1) is 11.3 Å². The summed E-state index contributed by atoms with van der Waals surface area (Å²) in [5.41, 5.74) is 9.95. The summed E-state index contributed by atoms with van der Waals surface area (Å²) in [6.07, 6.45) is 8.70. The van der Waals surface area contributed by atoms with Crippen LogP contribution >= 0.6 is 0 Å². The minimum Gasteiger partial charge on any atom is -0.388 e. The number of nitriles is 1. The van der Waals surface area contributed by atoms with Crippen molar-refractivity contribution in [2.75, 3.05) is 0 Å². The number of nitrogens with one attached hydrogen (secondary N) is 1. The molecular formula is C32H46N4O. The van der Waals surface area contributed by atoms with Crippen LogP contribution in [0.4, 0.5) is 0 Å². The Morgan fingerprint density at radius 3 is 2.14 bits per heavy atom. The van der Waals surface area contributed by atoms with Crippen molar-refractivity contribution in [1.82, 2.24) is 4.98 Å². The molecule has 2 atom stereocenters. The zero-order chi connectivity index (χ0) is 28.8. The molecule has 5 nitrogen and oxygen atoms in total. The van der Waals surface area contributed by atoms with Crippen LogP contribution in [0.15, 0.2) is 71.9 Å². The second-order valence-electron chi connectivity index (χ2n) is 9.01. The lowest BCUT2D eigenvalue weighted by molar-refractivity contribution is -0.110. The molecule has 0 radical (unpaired) electrons. The van der Waals surface area contributed by atoms with Gasteiger partial charge in [0.2, 0.25) is 0 Å². The van der Waals surface area contributed by atoms with Crippen molar-refractivity contribution in [2.45, 2.75) is 86.1 Å². The summed E-state index contributed by atoms with van der Waals surface area (Å²) in [6.45, 7) is 23.3. The van der Waals surface area contributed by atoms with Gasteiger partial charge in [-0.05, 0) is 69.9 Å². The first-order valence-electron chi connectivity index (χ1n) is 13.0.